The molecule has 3 N–H and O–H groups in total. The van der Waals surface area contributed by atoms with Crippen LogP contribution in [0, 0.1) is 5.82 Å². The van der Waals surface area contributed by atoms with Crippen molar-refractivity contribution in [3.63, 3.8) is 0 Å². The van der Waals surface area contributed by atoms with E-state index >= 15 is 0 Å². The van der Waals surface area contributed by atoms with Crippen LogP contribution in [0.3, 0.4) is 0 Å². The third-order valence-corrected chi connectivity index (χ3v) is 5.74. The maximum absolute atomic E-state index is 13.7. The summed E-state index contributed by atoms with van der Waals surface area (Å²) in [6.45, 7) is 1.30. The summed E-state index contributed by atoms with van der Waals surface area (Å²) in [6.07, 6.45) is 4.81. The fourth-order valence-electron chi connectivity index (χ4n) is 3.92. The molecule has 0 atom stereocenters. The number of carbonyl (C=O) groups excluding carboxylic acids is 2. The van der Waals surface area contributed by atoms with Gasteiger partial charge >= 0.3 is 0 Å². The summed E-state index contributed by atoms with van der Waals surface area (Å²) in [5.74, 6) is -0.497. The molecule has 3 heterocycles. The van der Waals surface area contributed by atoms with Crippen molar-refractivity contribution in [1.82, 2.24) is 25.0 Å². The summed E-state index contributed by atoms with van der Waals surface area (Å²) in [6, 6.07) is 9.73. The highest BCUT2D eigenvalue weighted by Crippen LogP contribution is 2.28. The van der Waals surface area contributed by atoms with Gasteiger partial charge in [-0.3, -0.25) is 14.3 Å². The largest absolute Gasteiger partial charge is 0.383 e. The molecule has 0 aliphatic carbocycles. The standard InChI is InChI=1S/C23H25FN6O2/c1-29-14-17(13-27-29)23(32)30-10-8-15(9-11-30)20-7-6-18(21(25)28-20)22(31)26-12-16-4-2-3-5-19(16)24/h2-7,13-15H,8-12H2,1H3,(H2,25,28)(H,26,31). The van der Waals surface area contributed by atoms with Crippen LogP contribution in [0.1, 0.15) is 50.7 Å². The molecule has 0 bridgehead atoms. The minimum Gasteiger partial charge on any atom is -0.383 e. The van der Waals surface area contributed by atoms with E-state index in [1.54, 1.807) is 54.5 Å². The van der Waals surface area contributed by atoms with Gasteiger partial charge in [0.05, 0.1) is 17.3 Å². The number of hydrogen-bond acceptors (Lipinski definition) is 5. The van der Waals surface area contributed by atoms with Gasteiger partial charge in [0, 0.05) is 50.1 Å². The minimum absolute atomic E-state index is 0.0223. The molecule has 0 radical (unpaired) electrons. The number of nitrogen functional groups attached to an aromatic ring is 1. The normalized spacial score (nSPS) is 14.4. The number of nitrogens with zero attached hydrogens (tertiary/aromatic N) is 4. The van der Waals surface area contributed by atoms with E-state index in [2.05, 4.69) is 15.4 Å². The van der Waals surface area contributed by atoms with E-state index in [1.807, 2.05) is 4.90 Å². The number of aromatic nitrogens is 3. The van der Waals surface area contributed by atoms with Gasteiger partial charge in [-0.1, -0.05) is 18.2 Å². The zero-order chi connectivity index (χ0) is 22.7. The fraction of sp³-hybridized carbons (Fsp3) is 0.304. The van der Waals surface area contributed by atoms with Crippen molar-refractivity contribution in [1.29, 1.82) is 0 Å². The van der Waals surface area contributed by atoms with E-state index in [0.717, 1.165) is 18.5 Å². The van der Waals surface area contributed by atoms with Crippen molar-refractivity contribution in [2.24, 2.45) is 7.05 Å². The molecule has 2 amide bonds. The summed E-state index contributed by atoms with van der Waals surface area (Å²) in [4.78, 5) is 31.3. The maximum atomic E-state index is 13.7. The van der Waals surface area contributed by atoms with E-state index in [4.69, 9.17) is 5.73 Å². The Morgan fingerprint density at radius 3 is 2.59 bits per heavy atom. The Morgan fingerprint density at radius 2 is 1.94 bits per heavy atom. The molecular weight excluding hydrogens is 411 g/mol. The van der Waals surface area contributed by atoms with E-state index in [1.165, 1.54) is 6.07 Å². The Labute approximate surface area is 185 Å². The molecule has 4 rings (SSSR count). The van der Waals surface area contributed by atoms with Gasteiger partial charge in [0.2, 0.25) is 0 Å². The van der Waals surface area contributed by atoms with Crippen LogP contribution in [0.2, 0.25) is 0 Å². The first kappa shape index (κ1) is 21.5. The van der Waals surface area contributed by atoms with Gasteiger partial charge in [0.1, 0.15) is 11.6 Å². The number of aryl methyl sites for hydroxylation is 1. The summed E-state index contributed by atoms with van der Waals surface area (Å²) >= 11 is 0. The molecule has 1 saturated heterocycles. The number of anilines is 1. The van der Waals surface area contributed by atoms with Crippen LogP contribution in [0.25, 0.3) is 0 Å². The van der Waals surface area contributed by atoms with E-state index < -0.39 is 5.91 Å². The molecule has 3 aromatic rings. The van der Waals surface area contributed by atoms with Crippen molar-refractivity contribution in [3.05, 3.63) is 77.0 Å². The fourth-order valence-corrected chi connectivity index (χ4v) is 3.92. The highest BCUT2D eigenvalue weighted by molar-refractivity contribution is 5.98. The van der Waals surface area contributed by atoms with Crippen LogP contribution in [0.4, 0.5) is 10.2 Å². The predicted octanol–water partition coefficient (Wildman–Crippen LogP) is 2.49. The molecule has 1 aromatic carbocycles. The third-order valence-electron chi connectivity index (χ3n) is 5.74. The molecular formula is C23H25FN6O2. The first-order valence-corrected chi connectivity index (χ1v) is 10.5. The van der Waals surface area contributed by atoms with Crippen LogP contribution in [0.15, 0.2) is 48.8 Å². The predicted molar refractivity (Wildman–Crippen MR) is 117 cm³/mol. The van der Waals surface area contributed by atoms with Gasteiger partial charge < -0.3 is 16.0 Å². The number of halogens is 1. The van der Waals surface area contributed by atoms with Gasteiger partial charge in [-0.05, 0) is 31.0 Å². The minimum atomic E-state index is -0.401. The van der Waals surface area contributed by atoms with Crippen molar-refractivity contribution in [2.45, 2.75) is 25.3 Å². The number of hydrogen-bond donors (Lipinski definition) is 2. The number of rotatable bonds is 5. The number of carbonyl (C=O) groups is 2. The van der Waals surface area contributed by atoms with Crippen molar-refractivity contribution in [2.75, 3.05) is 18.8 Å². The Morgan fingerprint density at radius 1 is 1.19 bits per heavy atom. The lowest BCUT2D eigenvalue weighted by Crippen LogP contribution is -2.38. The van der Waals surface area contributed by atoms with E-state index in [0.29, 0.717) is 24.2 Å². The number of amides is 2. The smallest absolute Gasteiger partial charge is 0.257 e. The zero-order valence-electron chi connectivity index (χ0n) is 17.8. The van der Waals surface area contributed by atoms with Gasteiger partial charge in [0.25, 0.3) is 11.8 Å². The topological polar surface area (TPSA) is 106 Å². The molecule has 1 fully saturated rings. The molecule has 0 spiro atoms. The number of piperidine rings is 1. The maximum Gasteiger partial charge on any atom is 0.257 e. The second-order valence-corrected chi connectivity index (χ2v) is 7.91. The average Bonchev–Trinajstić information content (AvgIpc) is 3.24. The number of pyridine rings is 1. The van der Waals surface area contributed by atoms with Crippen molar-refractivity contribution < 1.29 is 14.0 Å². The molecule has 32 heavy (non-hydrogen) atoms. The number of nitrogens with two attached hydrogens (primary N) is 1. The Hall–Kier alpha value is -3.75. The zero-order valence-corrected chi connectivity index (χ0v) is 17.8. The number of nitrogens with one attached hydrogen (secondary N) is 1. The molecule has 2 aromatic heterocycles. The Balaban J connectivity index is 1.35. The lowest BCUT2D eigenvalue weighted by molar-refractivity contribution is 0.0711. The van der Waals surface area contributed by atoms with Gasteiger partial charge in [-0.25, -0.2) is 9.37 Å². The molecule has 0 saturated carbocycles. The molecule has 1 aliphatic rings. The Bertz CT molecular complexity index is 1140. The molecule has 9 heteroatoms. The van der Waals surface area contributed by atoms with Crippen molar-refractivity contribution >= 4 is 17.6 Å². The van der Waals surface area contributed by atoms with Gasteiger partial charge in [-0.15, -0.1) is 0 Å². The molecule has 0 unspecified atom stereocenters. The number of benzene rings is 1. The average molecular weight is 436 g/mol. The second kappa shape index (κ2) is 9.17. The van der Waals surface area contributed by atoms with Crippen molar-refractivity contribution in [3.8, 4) is 0 Å². The summed E-state index contributed by atoms with van der Waals surface area (Å²) in [5.41, 5.74) is 8.11. The van der Waals surface area contributed by atoms with Crippen LogP contribution in [-0.4, -0.2) is 44.6 Å². The highest BCUT2D eigenvalue weighted by atomic mass is 19.1. The van der Waals surface area contributed by atoms with Crippen LogP contribution in [-0.2, 0) is 13.6 Å². The summed E-state index contributed by atoms with van der Waals surface area (Å²) in [5, 5.41) is 6.74. The SMILES string of the molecule is Cn1cc(C(=O)N2CCC(c3ccc(C(=O)NCc4ccccc4F)c(N)n3)CC2)cn1. The Kier molecular flexibility index (Phi) is 6.16. The van der Waals surface area contributed by atoms with E-state index in [-0.39, 0.29) is 35.6 Å². The van der Waals surface area contributed by atoms with Gasteiger partial charge in [0.15, 0.2) is 0 Å². The summed E-state index contributed by atoms with van der Waals surface area (Å²) in [7, 11) is 1.78. The first-order valence-electron chi connectivity index (χ1n) is 10.5. The molecule has 8 nitrogen and oxygen atoms in total. The molecule has 1 aliphatic heterocycles. The third kappa shape index (κ3) is 4.61. The number of likely N-dealkylation sites (tertiary alicyclic amines) is 1. The van der Waals surface area contributed by atoms with Crippen LogP contribution in [0.5, 0.6) is 0 Å². The summed E-state index contributed by atoms with van der Waals surface area (Å²) < 4.78 is 15.4. The first-order chi connectivity index (χ1) is 15.4. The monoisotopic (exact) mass is 436 g/mol. The van der Waals surface area contributed by atoms with Gasteiger partial charge in [-0.2, -0.15) is 5.10 Å². The quantitative estimate of drug-likeness (QED) is 0.639. The second-order valence-electron chi connectivity index (χ2n) is 7.91. The van der Waals surface area contributed by atoms with E-state index in [9.17, 15) is 14.0 Å². The van der Waals surface area contributed by atoms with Crippen LogP contribution < -0.4 is 11.1 Å². The highest BCUT2D eigenvalue weighted by Gasteiger charge is 2.26. The lowest BCUT2D eigenvalue weighted by atomic mass is 9.92. The lowest BCUT2D eigenvalue weighted by Gasteiger charge is -2.31. The molecule has 166 valence electrons. The van der Waals surface area contributed by atoms with Crippen LogP contribution >= 0.6 is 0 Å².